The molecule has 2 fully saturated rings. The van der Waals surface area contributed by atoms with Crippen LogP contribution in [0.5, 0.6) is 0 Å². The first kappa shape index (κ1) is 20.5. The lowest BCUT2D eigenvalue weighted by atomic mass is 9.84. The third-order valence-corrected chi connectivity index (χ3v) is 7.10. The summed E-state index contributed by atoms with van der Waals surface area (Å²) in [5.74, 6) is -0.430. The zero-order valence-corrected chi connectivity index (χ0v) is 18.3. The molecule has 1 saturated carbocycles. The zero-order chi connectivity index (χ0) is 22.3. The summed E-state index contributed by atoms with van der Waals surface area (Å²) in [6.07, 6.45) is -0.536. The minimum Gasteiger partial charge on any atom is -0.447 e. The van der Waals surface area contributed by atoms with E-state index in [4.69, 9.17) is 4.74 Å². The predicted octanol–water partition coefficient (Wildman–Crippen LogP) is 5.61. The first-order valence-electron chi connectivity index (χ1n) is 11.1. The molecule has 3 aromatic rings. The molecule has 0 N–H and O–H groups in total. The van der Waals surface area contributed by atoms with Gasteiger partial charge in [-0.1, -0.05) is 105 Å². The number of carbonyl (C=O) groups is 2. The summed E-state index contributed by atoms with van der Waals surface area (Å²) >= 11 is 0. The first-order valence-corrected chi connectivity index (χ1v) is 11.1. The van der Waals surface area contributed by atoms with E-state index in [1.54, 1.807) is 0 Å². The molecule has 0 spiro atoms. The zero-order valence-electron chi connectivity index (χ0n) is 18.3. The highest BCUT2D eigenvalue weighted by atomic mass is 16.6. The third-order valence-electron chi connectivity index (χ3n) is 7.10. The van der Waals surface area contributed by atoms with Gasteiger partial charge in [-0.2, -0.15) is 0 Å². The van der Waals surface area contributed by atoms with E-state index >= 15 is 0 Å². The summed E-state index contributed by atoms with van der Waals surface area (Å²) in [7, 11) is 0. The smallest absolute Gasteiger partial charge is 0.417 e. The molecule has 4 heteroatoms. The van der Waals surface area contributed by atoms with Crippen molar-refractivity contribution in [2.24, 2.45) is 11.3 Å². The molecule has 1 aliphatic heterocycles. The second-order valence-electron chi connectivity index (χ2n) is 9.34. The van der Waals surface area contributed by atoms with Gasteiger partial charge in [0.05, 0.1) is 12.0 Å². The third kappa shape index (κ3) is 3.40. The van der Waals surface area contributed by atoms with Crippen LogP contribution in [0.2, 0.25) is 0 Å². The van der Waals surface area contributed by atoms with Crippen molar-refractivity contribution in [3.8, 4) is 0 Å². The highest BCUT2D eigenvalue weighted by Crippen LogP contribution is 2.65. The number of amides is 2. The molecule has 3 aromatic carbocycles. The summed E-state index contributed by atoms with van der Waals surface area (Å²) in [5, 5.41) is 0. The van der Waals surface area contributed by atoms with Gasteiger partial charge < -0.3 is 4.74 Å². The standard InChI is InChI=1S/C28H27NO3/c1-28(2)24(21-16-10-5-11-17-21)25(28)26(30)29-22(18-32-27(29)31)23(19-12-6-3-7-13-19)20-14-8-4-9-15-20/h3-17,22-25H,18H2,1-2H3/t22-,24+,25-/m0/s1. The lowest BCUT2D eigenvalue weighted by Crippen LogP contribution is -2.44. The van der Waals surface area contributed by atoms with E-state index < -0.39 is 6.09 Å². The Balaban J connectivity index is 1.51. The normalized spacial score (nSPS) is 23.8. The van der Waals surface area contributed by atoms with Crippen molar-refractivity contribution in [1.82, 2.24) is 4.90 Å². The molecule has 0 radical (unpaired) electrons. The van der Waals surface area contributed by atoms with Crippen LogP contribution in [-0.2, 0) is 9.53 Å². The molecule has 1 heterocycles. The van der Waals surface area contributed by atoms with E-state index in [9.17, 15) is 9.59 Å². The maximum Gasteiger partial charge on any atom is 0.417 e. The number of benzene rings is 3. The van der Waals surface area contributed by atoms with Gasteiger partial charge in [-0.05, 0) is 22.1 Å². The minimum absolute atomic E-state index is 0.0946. The van der Waals surface area contributed by atoms with Crippen molar-refractivity contribution in [3.63, 3.8) is 0 Å². The Labute approximate surface area is 188 Å². The molecule has 2 amide bonds. The molecular formula is C28H27NO3. The maximum absolute atomic E-state index is 13.8. The fourth-order valence-corrected chi connectivity index (χ4v) is 5.42. The lowest BCUT2D eigenvalue weighted by molar-refractivity contribution is -0.131. The van der Waals surface area contributed by atoms with E-state index in [1.807, 2.05) is 54.6 Å². The molecule has 1 saturated heterocycles. The Morgan fingerprint density at radius 2 is 1.38 bits per heavy atom. The number of hydrogen-bond donors (Lipinski definition) is 0. The topological polar surface area (TPSA) is 46.6 Å². The molecule has 0 unspecified atom stereocenters. The van der Waals surface area contributed by atoms with Crippen LogP contribution < -0.4 is 0 Å². The maximum atomic E-state index is 13.8. The van der Waals surface area contributed by atoms with Crippen LogP contribution >= 0.6 is 0 Å². The van der Waals surface area contributed by atoms with Crippen molar-refractivity contribution in [3.05, 3.63) is 108 Å². The second kappa shape index (κ2) is 7.94. The Kier molecular flexibility index (Phi) is 5.09. The fourth-order valence-electron chi connectivity index (χ4n) is 5.42. The highest BCUT2D eigenvalue weighted by Gasteiger charge is 2.65. The Bertz CT molecular complexity index is 1070. The van der Waals surface area contributed by atoms with Crippen LogP contribution in [0.25, 0.3) is 0 Å². The summed E-state index contributed by atoms with van der Waals surface area (Å²) in [6, 6.07) is 29.8. The SMILES string of the molecule is CC1(C)[C@H](C(=O)N2C(=O)OC[C@H]2C(c2ccccc2)c2ccccc2)[C@H]1c1ccccc1. The van der Waals surface area contributed by atoms with Gasteiger partial charge in [0.15, 0.2) is 0 Å². The summed E-state index contributed by atoms with van der Waals surface area (Å²) in [4.78, 5) is 28.1. The Morgan fingerprint density at radius 3 is 1.91 bits per heavy atom. The van der Waals surface area contributed by atoms with Crippen LogP contribution in [0.3, 0.4) is 0 Å². The van der Waals surface area contributed by atoms with Crippen molar-refractivity contribution < 1.29 is 14.3 Å². The van der Waals surface area contributed by atoms with Crippen molar-refractivity contribution in [2.75, 3.05) is 6.61 Å². The van der Waals surface area contributed by atoms with Crippen LogP contribution in [0.15, 0.2) is 91.0 Å². The summed E-state index contributed by atoms with van der Waals surface area (Å²) < 4.78 is 5.48. The van der Waals surface area contributed by atoms with Crippen molar-refractivity contribution in [1.29, 1.82) is 0 Å². The van der Waals surface area contributed by atoms with E-state index in [0.717, 1.165) is 16.7 Å². The van der Waals surface area contributed by atoms with Crippen LogP contribution in [0.1, 0.15) is 42.4 Å². The summed E-state index contributed by atoms with van der Waals surface area (Å²) in [5.41, 5.74) is 3.06. The molecule has 0 aromatic heterocycles. The molecule has 0 bridgehead atoms. The van der Waals surface area contributed by atoms with Crippen LogP contribution in [-0.4, -0.2) is 29.5 Å². The van der Waals surface area contributed by atoms with Gasteiger partial charge in [-0.15, -0.1) is 0 Å². The van der Waals surface area contributed by atoms with Gasteiger partial charge in [-0.25, -0.2) is 9.69 Å². The molecule has 162 valence electrons. The van der Waals surface area contributed by atoms with Crippen molar-refractivity contribution in [2.45, 2.75) is 31.7 Å². The van der Waals surface area contributed by atoms with E-state index in [-0.39, 0.29) is 41.7 Å². The largest absolute Gasteiger partial charge is 0.447 e. The first-order chi connectivity index (χ1) is 15.5. The number of carbonyl (C=O) groups excluding carboxylic acids is 2. The number of ether oxygens (including phenoxy) is 1. The molecule has 1 aliphatic carbocycles. The number of cyclic esters (lactones) is 1. The minimum atomic E-state index is -0.536. The molecule has 2 aliphatic rings. The van der Waals surface area contributed by atoms with Gasteiger partial charge in [0.2, 0.25) is 5.91 Å². The second-order valence-corrected chi connectivity index (χ2v) is 9.34. The number of nitrogens with zero attached hydrogens (tertiary/aromatic N) is 1. The quantitative estimate of drug-likeness (QED) is 0.534. The monoisotopic (exact) mass is 425 g/mol. The van der Waals surface area contributed by atoms with Crippen molar-refractivity contribution >= 4 is 12.0 Å². The van der Waals surface area contributed by atoms with E-state index in [2.05, 4.69) is 50.2 Å². The van der Waals surface area contributed by atoms with Gasteiger partial charge >= 0.3 is 6.09 Å². The fraction of sp³-hybridized carbons (Fsp3) is 0.286. The summed E-state index contributed by atoms with van der Waals surface area (Å²) in [6.45, 7) is 4.41. The van der Waals surface area contributed by atoms with Crippen LogP contribution in [0.4, 0.5) is 4.79 Å². The van der Waals surface area contributed by atoms with E-state index in [0.29, 0.717) is 0 Å². The van der Waals surface area contributed by atoms with Gasteiger partial charge in [0, 0.05) is 11.8 Å². The number of rotatable bonds is 5. The Hall–Kier alpha value is -3.40. The molecule has 3 atom stereocenters. The lowest BCUT2D eigenvalue weighted by Gasteiger charge is -2.29. The number of hydrogen-bond acceptors (Lipinski definition) is 3. The van der Waals surface area contributed by atoms with Crippen LogP contribution in [0, 0.1) is 11.3 Å². The van der Waals surface area contributed by atoms with E-state index in [1.165, 1.54) is 4.90 Å². The molecule has 4 nitrogen and oxygen atoms in total. The average Bonchev–Trinajstić information content (AvgIpc) is 3.21. The average molecular weight is 426 g/mol. The number of imide groups is 1. The predicted molar refractivity (Wildman–Crippen MR) is 123 cm³/mol. The highest BCUT2D eigenvalue weighted by molar-refractivity contribution is 5.97. The van der Waals surface area contributed by atoms with Gasteiger partial charge in [0.1, 0.15) is 6.61 Å². The Morgan fingerprint density at radius 1 is 0.875 bits per heavy atom. The van der Waals surface area contributed by atoms with Gasteiger partial charge in [-0.3, -0.25) is 4.79 Å². The molecular weight excluding hydrogens is 398 g/mol. The molecule has 32 heavy (non-hydrogen) atoms. The van der Waals surface area contributed by atoms with Gasteiger partial charge in [0.25, 0.3) is 0 Å². The molecule has 5 rings (SSSR count).